The van der Waals surface area contributed by atoms with Crippen molar-refractivity contribution in [2.75, 3.05) is 0 Å². The average Bonchev–Trinajstić information content (AvgIpc) is 2.35. The third kappa shape index (κ3) is 5.29. The largest absolute Gasteiger partial charge is 0.350 e. The maximum atomic E-state index is 11.6. The van der Waals surface area contributed by atoms with Gasteiger partial charge in [-0.05, 0) is 36.0 Å². The van der Waals surface area contributed by atoms with Crippen LogP contribution >= 0.6 is 0 Å². The van der Waals surface area contributed by atoms with Crippen LogP contribution in [0.1, 0.15) is 52.2 Å². The highest BCUT2D eigenvalue weighted by Crippen LogP contribution is 2.22. The number of carbonyl (C=O) groups is 1. The monoisotopic (exact) mass is 259 g/mol. The Morgan fingerprint density at radius 3 is 2.32 bits per heavy atom. The van der Waals surface area contributed by atoms with Gasteiger partial charge in [0.15, 0.2) is 0 Å². The van der Waals surface area contributed by atoms with E-state index in [1.807, 2.05) is 25.1 Å². The Hall–Kier alpha value is -1.57. The quantitative estimate of drug-likeness (QED) is 0.816. The SMILES string of the molecule is CC[C@H](C)NC(=O)/C=C/c1ccc(C(C)(C)C)cc1. The van der Waals surface area contributed by atoms with Crippen molar-refractivity contribution < 1.29 is 4.79 Å². The molecule has 1 aromatic rings. The van der Waals surface area contributed by atoms with Gasteiger partial charge in [-0.15, -0.1) is 0 Å². The number of benzene rings is 1. The van der Waals surface area contributed by atoms with Gasteiger partial charge in [-0.2, -0.15) is 0 Å². The fourth-order valence-electron chi connectivity index (χ4n) is 1.66. The van der Waals surface area contributed by atoms with Crippen molar-refractivity contribution in [1.82, 2.24) is 5.32 Å². The van der Waals surface area contributed by atoms with Crippen LogP contribution in [-0.4, -0.2) is 11.9 Å². The first-order valence-electron chi connectivity index (χ1n) is 6.92. The second-order valence-electron chi connectivity index (χ2n) is 6.02. The molecule has 19 heavy (non-hydrogen) atoms. The van der Waals surface area contributed by atoms with E-state index in [2.05, 4.69) is 45.1 Å². The molecule has 1 aromatic carbocycles. The molecule has 0 saturated heterocycles. The highest BCUT2D eigenvalue weighted by atomic mass is 16.1. The van der Waals surface area contributed by atoms with Gasteiger partial charge in [0, 0.05) is 12.1 Å². The highest BCUT2D eigenvalue weighted by Gasteiger charge is 2.12. The fourth-order valence-corrected chi connectivity index (χ4v) is 1.66. The average molecular weight is 259 g/mol. The van der Waals surface area contributed by atoms with Crippen LogP contribution in [0.2, 0.25) is 0 Å². The molecule has 0 radical (unpaired) electrons. The number of nitrogens with one attached hydrogen (secondary N) is 1. The first kappa shape index (κ1) is 15.5. The van der Waals surface area contributed by atoms with Crippen LogP contribution in [0, 0.1) is 0 Å². The first-order valence-corrected chi connectivity index (χ1v) is 6.92. The number of hydrogen-bond acceptors (Lipinski definition) is 1. The van der Waals surface area contributed by atoms with Crippen molar-refractivity contribution in [2.45, 2.75) is 52.5 Å². The third-order valence-corrected chi connectivity index (χ3v) is 3.20. The predicted molar refractivity (Wildman–Crippen MR) is 82.1 cm³/mol. The summed E-state index contributed by atoms with van der Waals surface area (Å²) in [7, 11) is 0. The molecule has 0 saturated carbocycles. The summed E-state index contributed by atoms with van der Waals surface area (Å²) in [4.78, 5) is 11.6. The van der Waals surface area contributed by atoms with Crippen LogP contribution < -0.4 is 5.32 Å². The zero-order chi connectivity index (χ0) is 14.5. The molecule has 2 heteroatoms. The van der Waals surface area contributed by atoms with Crippen molar-refractivity contribution in [3.63, 3.8) is 0 Å². The van der Waals surface area contributed by atoms with Crippen LogP contribution in [0.4, 0.5) is 0 Å². The molecule has 0 bridgehead atoms. The summed E-state index contributed by atoms with van der Waals surface area (Å²) in [5.41, 5.74) is 2.51. The summed E-state index contributed by atoms with van der Waals surface area (Å²) >= 11 is 0. The van der Waals surface area contributed by atoms with E-state index in [-0.39, 0.29) is 17.4 Å². The van der Waals surface area contributed by atoms with Crippen molar-refractivity contribution in [3.8, 4) is 0 Å². The molecule has 2 nitrogen and oxygen atoms in total. The Bertz CT molecular complexity index is 437. The van der Waals surface area contributed by atoms with E-state index in [0.29, 0.717) is 0 Å². The highest BCUT2D eigenvalue weighted by molar-refractivity contribution is 5.91. The van der Waals surface area contributed by atoms with Crippen molar-refractivity contribution in [1.29, 1.82) is 0 Å². The Morgan fingerprint density at radius 2 is 1.84 bits per heavy atom. The van der Waals surface area contributed by atoms with Crippen molar-refractivity contribution in [3.05, 3.63) is 41.5 Å². The van der Waals surface area contributed by atoms with Gasteiger partial charge in [-0.1, -0.05) is 52.0 Å². The van der Waals surface area contributed by atoms with Gasteiger partial charge in [-0.3, -0.25) is 4.79 Å². The molecule has 0 aliphatic heterocycles. The minimum atomic E-state index is -0.0331. The van der Waals surface area contributed by atoms with Crippen LogP contribution in [0.15, 0.2) is 30.3 Å². The summed E-state index contributed by atoms with van der Waals surface area (Å²) < 4.78 is 0. The van der Waals surface area contributed by atoms with Gasteiger partial charge in [0.2, 0.25) is 5.91 Å². The predicted octanol–water partition coefficient (Wildman–Crippen LogP) is 3.91. The molecule has 1 rings (SSSR count). The summed E-state index contributed by atoms with van der Waals surface area (Å²) in [5, 5.41) is 2.91. The summed E-state index contributed by atoms with van der Waals surface area (Å²) in [6.07, 6.45) is 4.39. The lowest BCUT2D eigenvalue weighted by molar-refractivity contribution is -0.117. The molecule has 0 aromatic heterocycles. The van der Waals surface area contributed by atoms with Crippen molar-refractivity contribution in [2.24, 2.45) is 0 Å². The second kappa shape index (κ2) is 6.55. The number of amides is 1. The Morgan fingerprint density at radius 1 is 1.26 bits per heavy atom. The number of rotatable bonds is 4. The maximum Gasteiger partial charge on any atom is 0.244 e. The van der Waals surface area contributed by atoms with E-state index in [0.717, 1.165) is 12.0 Å². The molecule has 0 aliphatic carbocycles. The van der Waals surface area contributed by atoms with E-state index in [9.17, 15) is 4.79 Å². The van der Waals surface area contributed by atoms with E-state index < -0.39 is 0 Å². The molecule has 0 spiro atoms. The van der Waals surface area contributed by atoms with Crippen LogP contribution in [0.3, 0.4) is 0 Å². The van der Waals surface area contributed by atoms with Gasteiger partial charge >= 0.3 is 0 Å². The molecule has 0 heterocycles. The van der Waals surface area contributed by atoms with E-state index >= 15 is 0 Å². The van der Waals surface area contributed by atoms with Crippen LogP contribution in [-0.2, 0) is 10.2 Å². The lowest BCUT2D eigenvalue weighted by Crippen LogP contribution is -2.30. The molecule has 1 N–H and O–H groups in total. The molecule has 1 atom stereocenters. The molecule has 0 unspecified atom stereocenters. The van der Waals surface area contributed by atoms with Gasteiger partial charge in [0.25, 0.3) is 0 Å². The molecule has 104 valence electrons. The van der Waals surface area contributed by atoms with Crippen LogP contribution in [0.5, 0.6) is 0 Å². The standard InChI is InChI=1S/C17H25NO/c1-6-13(2)18-16(19)12-9-14-7-10-15(11-8-14)17(3,4)5/h7-13H,6H2,1-5H3,(H,18,19)/b12-9+/t13-/m0/s1. The minimum absolute atomic E-state index is 0.0331. The maximum absolute atomic E-state index is 11.6. The fraction of sp³-hybridized carbons (Fsp3) is 0.471. The Labute approximate surface area is 116 Å². The topological polar surface area (TPSA) is 29.1 Å². The van der Waals surface area contributed by atoms with Gasteiger partial charge in [-0.25, -0.2) is 0 Å². The lowest BCUT2D eigenvalue weighted by Gasteiger charge is -2.18. The van der Waals surface area contributed by atoms with E-state index in [4.69, 9.17) is 0 Å². The summed E-state index contributed by atoms with van der Waals surface area (Å²) in [6, 6.07) is 8.56. The van der Waals surface area contributed by atoms with Crippen molar-refractivity contribution >= 4 is 12.0 Å². The zero-order valence-electron chi connectivity index (χ0n) is 12.7. The first-order chi connectivity index (χ1) is 8.82. The molecule has 0 aliphatic rings. The van der Waals surface area contributed by atoms with E-state index in [1.165, 1.54) is 5.56 Å². The molecular weight excluding hydrogens is 234 g/mol. The summed E-state index contributed by atoms with van der Waals surface area (Å²) in [5.74, 6) is -0.0331. The molecule has 1 amide bonds. The lowest BCUT2D eigenvalue weighted by atomic mass is 9.87. The summed E-state index contributed by atoms with van der Waals surface area (Å²) in [6.45, 7) is 10.6. The van der Waals surface area contributed by atoms with Crippen LogP contribution in [0.25, 0.3) is 6.08 Å². The smallest absolute Gasteiger partial charge is 0.244 e. The number of hydrogen-bond donors (Lipinski definition) is 1. The Kier molecular flexibility index (Phi) is 5.34. The Balaban J connectivity index is 2.65. The number of carbonyl (C=O) groups excluding carboxylic acids is 1. The zero-order valence-corrected chi connectivity index (χ0v) is 12.7. The van der Waals surface area contributed by atoms with Gasteiger partial charge in [0.05, 0.1) is 0 Å². The van der Waals surface area contributed by atoms with E-state index in [1.54, 1.807) is 6.08 Å². The van der Waals surface area contributed by atoms with Gasteiger partial charge < -0.3 is 5.32 Å². The normalized spacial score (nSPS) is 13.5. The second-order valence-corrected chi connectivity index (χ2v) is 6.02. The molecular formula is C17H25NO. The molecule has 0 fully saturated rings. The van der Waals surface area contributed by atoms with Gasteiger partial charge in [0.1, 0.15) is 0 Å². The minimum Gasteiger partial charge on any atom is -0.350 e. The third-order valence-electron chi connectivity index (χ3n) is 3.20.